The predicted molar refractivity (Wildman–Crippen MR) is 78.6 cm³/mol. The fourth-order valence-electron chi connectivity index (χ4n) is 1.76. The van der Waals surface area contributed by atoms with Gasteiger partial charge in [-0.25, -0.2) is 0 Å². The van der Waals surface area contributed by atoms with E-state index in [-0.39, 0.29) is 5.92 Å². The van der Waals surface area contributed by atoms with Crippen LogP contribution in [0.15, 0.2) is 12.1 Å². The van der Waals surface area contributed by atoms with E-state index in [0.29, 0.717) is 16.7 Å². The van der Waals surface area contributed by atoms with E-state index < -0.39 is 0 Å². The molecule has 3 heteroatoms. The first-order valence-electron chi connectivity index (χ1n) is 6.11. The van der Waals surface area contributed by atoms with Crippen molar-refractivity contribution in [3.05, 3.63) is 27.7 Å². The average molecular weight is 285 g/mol. The van der Waals surface area contributed by atoms with Gasteiger partial charge in [0.05, 0.1) is 11.6 Å². The van der Waals surface area contributed by atoms with Crippen LogP contribution in [0, 0.1) is 17.8 Å². The van der Waals surface area contributed by atoms with Gasteiger partial charge in [0.2, 0.25) is 0 Å². The van der Waals surface area contributed by atoms with Gasteiger partial charge in [0.15, 0.2) is 0 Å². The van der Waals surface area contributed by atoms with Crippen LogP contribution in [0.4, 0.5) is 0 Å². The molecule has 0 bridgehead atoms. The van der Waals surface area contributed by atoms with Gasteiger partial charge in [0.1, 0.15) is 5.75 Å². The minimum Gasteiger partial charge on any atom is -0.492 e. The third-order valence-corrected chi connectivity index (χ3v) is 2.95. The van der Waals surface area contributed by atoms with E-state index in [9.17, 15) is 0 Å². The minimum atomic E-state index is 0.258. The molecule has 18 heavy (non-hydrogen) atoms. The van der Waals surface area contributed by atoms with Gasteiger partial charge in [-0.2, -0.15) is 0 Å². The highest BCUT2D eigenvalue weighted by atomic mass is 35.5. The third-order valence-electron chi connectivity index (χ3n) is 2.45. The maximum absolute atomic E-state index is 6.19. The summed E-state index contributed by atoms with van der Waals surface area (Å²) >= 11 is 12.2. The van der Waals surface area contributed by atoms with Crippen LogP contribution in [0.1, 0.15) is 32.8 Å². The molecular weight excluding hydrogens is 267 g/mol. The molecule has 0 aliphatic carbocycles. The van der Waals surface area contributed by atoms with Crippen LogP contribution in [0.5, 0.6) is 5.75 Å². The minimum absolute atomic E-state index is 0.258. The molecule has 0 aliphatic rings. The largest absolute Gasteiger partial charge is 0.492 e. The highest BCUT2D eigenvalue weighted by molar-refractivity contribution is 6.35. The smallest absolute Gasteiger partial charge is 0.141 e. The molecule has 1 unspecified atom stereocenters. The molecule has 0 aliphatic heterocycles. The zero-order valence-electron chi connectivity index (χ0n) is 11.0. The SMILES string of the molecule is CC#CC(C)Cc1cc(Cl)cc(Cl)c1OCCC. The summed E-state index contributed by atoms with van der Waals surface area (Å²) in [4.78, 5) is 0. The summed E-state index contributed by atoms with van der Waals surface area (Å²) in [7, 11) is 0. The topological polar surface area (TPSA) is 9.23 Å². The van der Waals surface area contributed by atoms with Crippen molar-refractivity contribution in [1.82, 2.24) is 0 Å². The van der Waals surface area contributed by atoms with Gasteiger partial charge < -0.3 is 4.74 Å². The van der Waals surface area contributed by atoms with E-state index in [4.69, 9.17) is 27.9 Å². The summed E-state index contributed by atoms with van der Waals surface area (Å²) in [6, 6.07) is 3.63. The Morgan fingerprint density at radius 2 is 2.06 bits per heavy atom. The van der Waals surface area contributed by atoms with Crippen LogP contribution in [-0.4, -0.2) is 6.61 Å². The highest BCUT2D eigenvalue weighted by Crippen LogP contribution is 2.34. The monoisotopic (exact) mass is 284 g/mol. The Morgan fingerprint density at radius 3 is 2.67 bits per heavy atom. The zero-order valence-corrected chi connectivity index (χ0v) is 12.5. The maximum Gasteiger partial charge on any atom is 0.141 e. The zero-order chi connectivity index (χ0) is 13.5. The number of halogens is 2. The van der Waals surface area contributed by atoms with Gasteiger partial charge in [-0.05, 0) is 37.5 Å². The molecule has 0 amide bonds. The van der Waals surface area contributed by atoms with E-state index in [1.54, 1.807) is 6.07 Å². The summed E-state index contributed by atoms with van der Waals surface area (Å²) in [5.41, 5.74) is 1.02. The lowest BCUT2D eigenvalue weighted by molar-refractivity contribution is 0.313. The summed E-state index contributed by atoms with van der Waals surface area (Å²) < 4.78 is 5.71. The Kier molecular flexibility index (Phi) is 6.39. The molecule has 0 radical (unpaired) electrons. The van der Waals surface area contributed by atoms with Crippen molar-refractivity contribution in [2.75, 3.05) is 6.61 Å². The number of ether oxygens (including phenoxy) is 1. The van der Waals surface area contributed by atoms with Crippen LogP contribution in [-0.2, 0) is 6.42 Å². The molecule has 0 heterocycles. The maximum atomic E-state index is 6.19. The molecule has 0 saturated heterocycles. The summed E-state index contributed by atoms with van der Waals surface area (Å²) in [5, 5.41) is 1.21. The van der Waals surface area contributed by atoms with Gasteiger partial charge in [0.25, 0.3) is 0 Å². The Bertz CT molecular complexity index is 458. The van der Waals surface area contributed by atoms with Gasteiger partial charge >= 0.3 is 0 Å². The molecule has 0 spiro atoms. The number of hydrogen-bond donors (Lipinski definition) is 0. The molecule has 1 aromatic carbocycles. The lowest BCUT2D eigenvalue weighted by atomic mass is 10.0. The first kappa shape index (κ1) is 15.2. The molecule has 1 aromatic rings. The van der Waals surface area contributed by atoms with Crippen molar-refractivity contribution in [3.63, 3.8) is 0 Å². The van der Waals surface area contributed by atoms with Gasteiger partial charge in [0, 0.05) is 10.9 Å². The Labute approximate surface area is 119 Å². The van der Waals surface area contributed by atoms with Crippen LogP contribution in [0.2, 0.25) is 10.0 Å². The second-order valence-corrected chi connectivity index (χ2v) is 5.07. The fraction of sp³-hybridized carbons (Fsp3) is 0.467. The highest BCUT2D eigenvalue weighted by Gasteiger charge is 2.12. The van der Waals surface area contributed by atoms with Gasteiger partial charge in [-0.15, -0.1) is 11.8 Å². The summed E-state index contributed by atoms with van der Waals surface area (Å²) in [5.74, 6) is 7.05. The quantitative estimate of drug-likeness (QED) is 0.693. The second kappa shape index (κ2) is 7.56. The second-order valence-electron chi connectivity index (χ2n) is 4.22. The van der Waals surface area contributed by atoms with Gasteiger partial charge in [-0.1, -0.05) is 37.0 Å². The van der Waals surface area contributed by atoms with Crippen molar-refractivity contribution in [3.8, 4) is 17.6 Å². The summed E-state index contributed by atoms with van der Waals surface area (Å²) in [6.45, 7) is 6.64. The van der Waals surface area contributed by atoms with E-state index in [0.717, 1.165) is 24.2 Å². The molecule has 0 N–H and O–H groups in total. The van der Waals surface area contributed by atoms with Crippen LogP contribution in [0.25, 0.3) is 0 Å². The summed E-state index contributed by atoms with van der Waals surface area (Å²) in [6.07, 6.45) is 1.74. The van der Waals surface area contributed by atoms with E-state index in [1.807, 2.05) is 13.0 Å². The standard InChI is InChI=1S/C15H18Cl2O/c1-4-6-11(3)8-12-9-13(16)10-14(17)15(12)18-7-5-2/h9-11H,5,7-8H2,1-3H3. The fourth-order valence-corrected chi connectivity index (χ4v) is 2.35. The normalized spacial score (nSPS) is 11.6. The van der Waals surface area contributed by atoms with Crippen LogP contribution in [0.3, 0.4) is 0 Å². The van der Waals surface area contributed by atoms with Crippen molar-refractivity contribution >= 4 is 23.2 Å². The van der Waals surface area contributed by atoms with E-state index in [1.165, 1.54) is 0 Å². The first-order valence-corrected chi connectivity index (χ1v) is 6.87. The van der Waals surface area contributed by atoms with E-state index >= 15 is 0 Å². The molecule has 1 rings (SSSR count). The molecule has 0 aromatic heterocycles. The van der Waals surface area contributed by atoms with Crippen molar-refractivity contribution in [1.29, 1.82) is 0 Å². The number of rotatable bonds is 5. The molecule has 1 atom stereocenters. The lowest BCUT2D eigenvalue weighted by Gasteiger charge is -2.14. The Morgan fingerprint density at radius 1 is 1.33 bits per heavy atom. The molecule has 0 fully saturated rings. The number of benzene rings is 1. The molecule has 0 saturated carbocycles. The van der Waals surface area contributed by atoms with Crippen LogP contribution < -0.4 is 4.74 Å². The van der Waals surface area contributed by atoms with Crippen molar-refractivity contribution in [2.45, 2.75) is 33.6 Å². The van der Waals surface area contributed by atoms with Crippen LogP contribution >= 0.6 is 23.2 Å². The Hall–Kier alpha value is -0.840. The third kappa shape index (κ3) is 4.44. The predicted octanol–water partition coefficient (Wildman–Crippen LogP) is 4.98. The van der Waals surface area contributed by atoms with E-state index in [2.05, 4.69) is 25.7 Å². The molecule has 98 valence electrons. The average Bonchev–Trinajstić information content (AvgIpc) is 2.28. The lowest BCUT2D eigenvalue weighted by Crippen LogP contribution is -2.03. The molecular formula is C15H18Cl2O. The Balaban J connectivity index is 3.01. The molecule has 1 nitrogen and oxygen atoms in total. The first-order chi connectivity index (χ1) is 8.58. The van der Waals surface area contributed by atoms with Crippen molar-refractivity contribution in [2.24, 2.45) is 5.92 Å². The van der Waals surface area contributed by atoms with Gasteiger partial charge in [-0.3, -0.25) is 0 Å². The van der Waals surface area contributed by atoms with Crippen molar-refractivity contribution < 1.29 is 4.74 Å². The number of hydrogen-bond acceptors (Lipinski definition) is 1.